The van der Waals surface area contributed by atoms with Crippen LogP contribution in [0.15, 0.2) is 15.7 Å². The molecule has 1 aromatic heterocycles. The van der Waals surface area contributed by atoms with Gasteiger partial charge in [0.05, 0.1) is 43.5 Å². The van der Waals surface area contributed by atoms with Crippen LogP contribution < -0.4 is 9.80 Å². The third kappa shape index (κ3) is 4.01. The van der Waals surface area contributed by atoms with Crippen molar-refractivity contribution in [2.24, 2.45) is 5.16 Å². The van der Waals surface area contributed by atoms with Crippen molar-refractivity contribution in [1.82, 2.24) is 5.16 Å². The number of fused-ring (bicyclic) bond motifs is 1. The Morgan fingerprint density at radius 1 is 1.23 bits per heavy atom. The minimum Gasteiger partial charge on any atom is -0.447 e. The van der Waals surface area contributed by atoms with E-state index in [1.807, 2.05) is 11.8 Å². The number of anilines is 2. The number of benzene rings is 1. The van der Waals surface area contributed by atoms with Crippen molar-refractivity contribution in [3.8, 4) is 0 Å². The van der Waals surface area contributed by atoms with Crippen molar-refractivity contribution in [3.05, 3.63) is 17.4 Å². The van der Waals surface area contributed by atoms with Gasteiger partial charge < -0.3 is 33.6 Å². The molecule has 3 fully saturated rings. The van der Waals surface area contributed by atoms with E-state index in [9.17, 15) is 4.79 Å². The first-order valence-electron chi connectivity index (χ1n) is 9.81. The van der Waals surface area contributed by atoms with Gasteiger partial charge in [-0.05, 0) is 13.0 Å². The molecule has 0 spiro atoms. The van der Waals surface area contributed by atoms with Gasteiger partial charge in [-0.2, -0.15) is 0 Å². The second kappa shape index (κ2) is 9.04. The number of ether oxygens (including phenoxy) is 4. The van der Waals surface area contributed by atoms with Gasteiger partial charge in [-0.1, -0.05) is 5.16 Å². The van der Waals surface area contributed by atoms with Crippen molar-refractivity contribution in [1.29, 1.82) is 0 Å². The third-order valence-electron chi connectivity index (χ3n) is 5.14. The minimum absolute atomic E-state index is 0.00871. The minimum atomic E-state index is -0.694. The Balaban J connectivity index is 0.000000730. The topological polar surface area (TPSA) is 119 Å². The lowest BCUT2D eigenvalue weighted by atomic mass is 10.1. The number of hydrogen-bond acceptors (Lipinski definition) is 10. The van der Waals surface area contributed by atoms with Crippen LogP contribution in [-0.4, -0.2) is 75.3 Å². The van der Waals surface area contributed by atoms with Gasteiger partial charge in [-0.25, -0.2) is 9.18 Å². The molecular weight excluding hydrogens is 415 g/mol. The zero-order valence-corrected chi connectivity index (χ0v) is 17.0. The van der Waals surface area contributed by atoms with E-state index in [2.05, 4.69) is 17.0 Å². The average molecular weight is 438 g/mol. The van der Waals surface area contributed by atoms with Gasteiger partial charge in [-0.3, -0.25) is 4.90 Å². The molecule has 1 N–H and O–H groups in total. The number of amides is 1. The molecule has 168 valence electrons. The molecule has 4 heterocycles. The van der Waals surface area contributed by atoms with Crippen molar-refractivity contribution >= 4 is 35.3 Å². The van der Waals surface area contributed by atoms with Crippen LogP contribution in [0.25, 0.3) is 11.0 Å². The van der Waals surface area contributed by atoms with Crippen LogP contribution in [0.2, 0.25) is 0 Å². The molecule has 3 saturated heterocycles. The molecule has 31 heavy (non-hydrogen) atoms. The summed E-state index contributed by atoms with van der Waals surface area (Å²) in [5.41, 5.74) is 0.903. The number of aromatic nitrogens is 1. The fourth-order valence-corrected chi connectivity index (χ4v) is 3.88. The van der Waals surface area contributed by atoms with Crippen LogP contribution in [-0.2, 0) is 18.9 Å². The number of hydrogen-bond donors (Lipinski definition) is 1. The van der Waals surface area contributed by atoms with Gasteiger partial charge in [-0.15, -0.1) is 5.16 Å². The van der Waals surface area contributed by atoms with Crippen LogP contribution in [0.3, 0.4) is 0 Å². The number of morpholine rings is 1. The van der Waals surface area contributed by atoms with Crippen molar-refractivity contribution in [3.63, 3.8) is 0 Å². The Bertz CT molecular complexity index is 962. The second-order valence-corrected chi connectivity index (χ2v) is 7.12. The lowest BCUT2D eigenvalue weighted by molar-refractivity contribution is -0.0440. The first-order chi connectivity index (χ1) is 15.0. The number of nitrogens with zero attached hydrogens (tertiary/aromatic N) is 4. The van der Waals surface area contributed by atoms with Gasteiger partial charge >= 0.3 is 6.09 Å². The lowest BCUT2D eigenvalue weighted by Crippen LogP contribution is -2.42. The highest BCUT2D eigenvalue weighted by atomic mass is 19.1. The van der Waals surface area contributed by atoms with Crippen LogP contribution >= 0.6 is 0 Å². The maximum atomic E-state index is 15.6. The van der Waals surface area contributed by atoms with Gasteiger partial charge in [0.2, 0.25) is 5.58 Å². The summed E-state index contributed by atoms with van der Waals surface area (Å²) in [5, 5.41) is 13.7. The predicted molar refractivity (Wildman–Crippen MR) is 106 cm³/mol. The van der Waals surface area contributed by atoms with E-state index >= 15 is 4.39 Å². The normalized spacial score (nSPS) is 21.9. The van der Waals surface area contributed by atoms with Crippen molar-refractivity contribution in [2.45, 2.75) is 19.3 Å². The number of halogens is 1. The Labute approximate surface area is 176 Å². The van der Waals surface area contributed by atoms with Crippen molar-refractivity contribution < 1.29 is 37.9 Å². The Kier molecular flexibility index (Phi) is 6.20. The van der Waals surface area contributed by atoms with Crippen LogP contribution in [0.4, 0.5) is 20.7 Å². The SMILES string of the molecule is C=NO.CC1CN(c2c(C3OCCO3)cc3c(N4CCOC4=O)noc3c2F)CCO1. The summed E-state index contributed by atoms with van der Waals surface area (Å²) >= 11 is 0. The predicted octanol–water partition coefficient (Wildman–Crippen LogP) is 2.27. The van der Waals surface area contributed by atoms with Crippen molar-refractivity contribution in [2.75, 3.05) is 55.9 Å². The van der Waals surface area contributed by atoms with E-state index in [0.717, 1.165) is 0 Å². The quantitative estimate of drug-likeness (QED) is 0.437. The first kappa shape index (κ1) is 21.3. The molecule has 2 aromatic rings. The Morgan fingerprint density at radius 3 is 2.61 bits per heavy atom. The van der Waals surface area contributed by atoms with Crippen LogP contribution in [0.1, 0.15) is 18.8 Å². The standard InChI is InChI=1S/C18H20FN3O6.CH3NO/c1-10-9-21(2-4-24-10)14-11(17-25-6-7-26-17)8-12-15(13(14)19)28-20-16(12)22-3-5-27-18(22)23;1-2-3/h8,10,17H,2-7,9H2,1H3;3H,1H2. The van der Waals surface area contributed by atoms with E-state index in [0.29, 0.717) is 56.1 Å². The monoisotopic (exact) mass is 438 g/mol. The van der Waals surface area contributed by atoms with Crippen LogP contribution in [0.5, 0.6) is 0 Å². The number of rotatable bonds is 3. The smallest absolute Gasteiger partial charge is 0.415 e. The molecule has 3 aliphatic heterocycles. The fourth-order valence-electron chi connectivity index (χ4n) is 3.88. The van der Waals surface area contributed by atoms with E-state index in [-0.39, 0.29) is 24.1 Å². The van der Waals surface area contributed by atoms with Gasteiger partial charge in [0, 0.05) is 25.4 Å². The molecule has 3 aliphatic rings. The molecule has 5 rings (SSSR count). The molecular formula is C19H23FN4O7. The number of oxime groups is 1. The second-order valence-electron chi connectivity index (χ2n) is 7.12. The molecule has 11 nitrogen and oxygen atoms in total. The summed E-state index contributed by atoms with van der Waals surface area (Å²) in [5.74, 6) is -0.315. The van der Waals surface area contributed by atoms with E-state index in [1.165, 1.54) is 4.90 Å². The highest BCUT2D eigenvalue weighted by molar-refractivity contribution is 6.00. The number of carbonyl (C=O) groups is 1. The molecule has 0 bridgehead atoms. The first-order valence-corrected chi connectivity index (χ1v) is 9.81. The van der Waals surface area contributed by atoms with Gasteiger partial charge in [0.15, 0.2) is 17.9 Å². The largest absolute Gasteiger partial charge is 0.447 e. The van der Waals surface area contributed by atoms with E-state index in [1.54, 1.807) is 6.07 Å². The lowest BCUT2D eigenvalue weighted by Gasteiger charge is -2.34. The van der Waals surface area contributed by atoms with Gasteiger partial charge in [0.1, 0.15) is 6.61 Å². The average Bonchev–Trinajstić information content (AvgIpc) is 3.49. The summed E-state index contributed by atoms with van der Waals surface area (Å²) in [4.78, 5) is 15.2. The Morgan fingerprint density at radius 2 is 1.97 bits per heavy atom. The Hall–Kier alpha value is -2.96. The molecule has 1 atom stereocenters. The zero-order chi connectivity index (χ0) is 22.0. The third-order valence-corrected chi connectivity index (χ3v) is 5.14. The maximum absolute atomic E-state index is 15.6. The summed E-state index contributed by atoms with van der Waals surface area (Å²) < 4.78 is 42.8. The molecule has 1 unspecified atom stereocenters. The molecule has 12 heteroatoms. The molecule has 1 aromatic carbocycles. The molecule has 0 radical (unpaired) electrons. The number of cyclic esters (lactones) is 1. The zero-order valence-electron chi connectivity index (χ0n) is 17.0. The highest BCUT2D eigenvalue weighted by Crippen LogP contribution is 2.41. The summed E-state index contributed by atoms with van der Waals surface area (Å²) in [6.45, 7) is 7.60. The molecule has 1 amide bonds. The molecule has 0 saturated carbocycles. The van der Waals surface area contributed by atoms with E-state index < -0.39 is 18.2 Å². The number of carbonyl (C=O) groups excluding carboxylic acids is 1. The van der Waals surface area contributed by atoms with Crippen LogP contribution in [0, 0.1) is 5.82 Å². The summed E-state index contributed by atoms with van der Waals surface area (Å²) in [6.07, 6.45) is -1.26. The summed E-state index contributed by atoms with van der Waals surface area (Å²) in [7, 11) is 0. The fraction of sp³-hybridized carbons (Fsp3) is 0.526. The maximum Gasteiger partial charge on any atom is 0.415 e. The summed E-state index contributed by atoms with van der Waals surface area (Å²) in [6, 6.07) is 1.74. The molecule has 0 aliphatic carbocycles. The van der Waals surface area contributed by atoms with E-state index in [4.69, 9.17) is 28.7 Å². The van der Waals surface area contributed by atoms with Gasteiger partial charge in [0.25, 0.3) is 0 Å². The highest BCUT2D eigenvalue weighted by Gasteiger charge is 2.35.